The van der Waals surface area contributed by atoms with Gasteiger partial charge in [0.25, 0.3) is 0 Å². The number of amides is 1. The lowest BCUT2D eigenvalue weighted by atomic mass is 9.91. The summed E-state index contributed by atoms with van der Waals surface area (Å²) in [5, 5.41) is 4.25. The molecule has 1 N–H and O–H groups in total. The van der Waals surface area contributed by atoms with Crippen LogP contribution in [0, 0.1) is 6.92 Å². The van der Waals surface area contributed by atoms with Gasteiger partial charge in [-0.05, 0) is 44.3 Å². The predicted octanol–water partition coefficient (Wildman–Crippen LogP) is 4.11. The van der Waals surface area contributed by atoms with E-state index in [1.54, 1.807) is 12.0 Å². The fraction of sp³-hybridized carbons (Fsp3) is 0.375. The van der Waals surface area contributed by atoms with E-state index >= 15 is 0 Å². The number of ether oxygens (including phenoxy) is 2. The van der Waals surface area contributed by atoms with Gasteiger partial charge in [0.1, 0.15) is 23.5 Å². The molecule has 32 heavy (non-hydrogen) atoms. The zero-order valence-electron chi connectivity index (χ0n) is 18.6. The molecule has 0 atom stereocenters. The molecule has 3 aromatic rings. The summed E-state index contributed by atoms with van der Waals surface area (Å²) in [6.45, 7) is 4.43. The number of anilines is 3. The largest absolute Gasteiger partial charge is 0.496 e. The lowest BCUT2D eigenvalue weighted by Crippen LogP contribution is -2.45. The van der Waals surface area contributed by atoms with Crippen LogP contribution in [0.2, 0.25) is 0 Å². The number of hydrogen-bond donors (Lipinski definition) is 1. The van der Waals surface area contributed by atoms with Crippen molar-refractivity contribution in [3.63, 3.8) is 0 Å². The van der Waals surface area contributed by atoms with Crippen molar-refractivity contribution >= 4 is 34.2 Å². The van der Waals surface area contributed by atoms with Crippen molar-refractivity contribution in [2.75, 3.05) is 44.0 Å². The number of nitrogens with one attached hydrogen (secondary N) is 1. The molecule has 0 bridgehead atoms. The topological polar surface area (TPSA) is 79.8 Å². The van der Waals surface area contributed by atoms with Crippen molar-refractivity contribution in [2.45, 2.75) is 25.4 Å². The third-order valence-corrected chi connectivity index (χ3v) is 6.56. The van der Waals surface area contributed by atoms with Crippen molar-refractivity contribution in [1.82, 2.24) is 14.9 Å². The number of aromatic nitrogens is 2. The molecule has 5 rings (SSSR count). The molecule has 2 aliphatic rings. The number of carbonyl (C=O) groups is 1. The Morgan fingerprint density at radius 1 is 1.16 bits per heavy atom. The third kappa shape index (κ3) is 3.60. The molecule has 8 nitrogen and oxygen atoms in total. The number of methoxy groups -OCH3 is 1. The monoisotopic (exact) mass is 433 g/mol. The number of rotatable bonds is 4. The van der Waals surface area contributed by atoms with E-state index in [1.165, 1.54) is 6.33 Å². The van der Waals surface area contributed by atoms with Gasteiger partial charge in [0.05, 0.1) is 19.2 Å². The van der Waals surface area contributed by atoms with E-state index < -0.39 is 5.60 Å². The molecule has 2 aliphatic heterocycles. The van der Waals surface area contributed by atoms with Crippen LogP contribution in [0.3, 0.4) is 0 Å². The second-order valence-corrected chi connectivity index (χ2v) is 8.62. The molecule has 166 valence electrons. The molecule has 2 saturated heterocycles. The molecule has 2 fully saturated rings. The Bertz CT molecular complexity index is 1170. The van der Waals surface area contributed by atoms with Gasteiger partial charge < -0.3 is 19.7 Å². The van der Waals surface area contributed by atoms with Crippen LogP contribution in [0.5, 0.6) is 5.75 Å². The molecular formula is C24H27N5O3. The molecule has 1 aromatic heterocycles. The first-order valence-electron chi connectivity index (χ1n) is 10.8. The van der Waals surface area contributed by atoms with E-state index in [0.717, 1.165) is 59.5 Å². The van der Waals surface area contributed by atoms with Gasteiger partial charge >= 0.3 is 6.09 Å². The zero-order chi connectivity index (χ0) is 22.3. The number of carbonyl (C=O) groups excluding carboxylic acids is 1. The van der Waals surface area contributed by atoms with Crippen LogP contribution in [0.15, 0.2) is 42.7 Å². The first-order valence-corrected chi connectivity index (χ1v) is 10.8. The van der Waals surface area contributed by atoms with Crippen LogP contribution in [0.1, 0.15) is 18.4 Å². The quantitative estimate of drug-likeness (QED) is 0.663. The highest BCUT2D eigenvalue weighted by molar-refractivity contribution is 5.97. The van der Waals surface area contributed by atoms with Crippen molar-refractivity contribution in [3.8, 4) is 5.75 Å². The molecule has 0 unspecified atom stereocenters. The highest BCUT2D eigenvalue weighted by atomic mass is 16.6. The highest BCUT2D eigenvalue weighted by Crippen LogP contribution is 2.37. The maximum Gasteiger partial charge on any atom is 0.415 e. The van der Waals surface area contributed by atoms with Gasteiger partial charge in [0, 0.05) is 48.3 Å². The van der Waals surface area contributed by atoms with Gasteiger partial charge in [-0.2, -0.15) is 0 Å². The molecule has 1 spiro atoms. The van der Waals surface area contributed by atoms with Crippen LogP contribution in [-0.4, -0.2) is 60.4 Å². The molecular weight excluding hydrogens is 406 g/mol. The predicted molar refractivity (Wildman–Crippen MR) is 124 cm³/mol. The van der Waals surface area contributed by atoms with Crippen LogP contribution in [-0.2, 0) is 4.74 Å². The van der Waals surface area contributed by atoms with Crippen LogP contribution in [0.4, 0.5) is 22.0 Å². The number of fused-ring (bicyclic) bond motifs is 1. The number of likely N-dealkylation sites (tertiary alicyclic amines) is 1. The third-order valence-electron chi connectivity index (χ3n) is 6.56. The molecule has 0 aliphatic carbocycles. The summed E-state index contributed by atoms with van der Waals surface area (Å²) in [5.41, 5.74) is 3.09. The van der Waals surface area contributed by atoms with Gasteiger partial charge in [0.15, 0.2) is 0 Å². The fourth-order valence-corrected chi connectivity index (χ4v) is 4.52. The highest BCUT2D eigenvalue weighted by Gasteiger charge is 2.47. The van der Waals surface area contributed by atoms with Crippen LogP contribution < -0.4 is 15.0 Å². The maximum atomic E-state index is 12.8. The Balaban J connectivity index is 1.47. The van der Waals surface area contributed by atoms with E-state index in [-0.39, 0.29) is 6.09 Å². The standard InChI is InChI=1S/C24H27N5O3/c1-16-19(5-4-6-21(16)31-3)27-22-18-13-17(7-8-20(18)25-15-26-22)29-14-24(32-23(29)30)9-11-28(2)12-10-24/h4-8,13,15H,9-12,14H2,1-3H3,(H,25,26,27). The van der Waals surface area contributed by atoms with Crippen molar-refractivity contribution in [2.24, 2.45) is 0 Å². The number of piperidine rings is 1. The summed E-state index contributed by atoms with van der Waals surface area (Å²) in [6.07, 6.45) is 2.95. The first-order chi connectivity index (χ1) is 15.5. The molecule has 0 radical (unpaired) electrons. The molecule has 8 heteroatoms. The minimum Gasteiger partial charge on any atom is -0.496 e. The molecule has 2 aromatic carbocycles. The van der Waals surface area contributed by atoms with Gasteiger partial charge in [-0.1, -0.05) is 6.07 Å². The van der Waals surface area contributed by atoms with Gasteiger partial charge in [-0.3, -0.25) is 4.90 Å². The Morgan fingerprint density at radius 2 is 1.97 bits per heavy atom. The van der Waals surface area contributed by atoms with Gasteiger partial charge in [-0.25, -0.2) is 14.8 Å². The SMILES string of the molecule is COc1cccc(Nc2ncnc3ccc(N4CC5(CCN(C)CC5)OC4=O)cc23)c1C. The second kappa shape index (κ2) is 7.94. The summed E-state index contributed by atoms with van der Waals surface area (Å²) in [5.74, 6) is 1.48. The summed E-state index contributed by atoms with van der Waals surface area (Å²) in [7, 11) is 3.76. The first kappa shape index (κ1) is 20.5. The zero-order valence-corrected chi connectivity index (χ0v) is 18.6. The maximum absolute atomic E-state index is 12.8. The summed E-state index contributed by atoms with van der Waals surface area (Å²) in [4.78, 5) is 25.7. The molecule has 0 saturated carbocycles. The van der Waals surface area contributed by atoms with Crippen LogP contribution >= 0.6 is 0 Å². The Hall–Kier alpha value is -3.39. The summed E-state index contributed by atoms with van der Waals surface area (Å²) < 4.78 is 11.3. The van der Waals surface area contributed by atoms with E-state index in [4.69, 9.17) is 9.47 Å². The Labute approximate surface area is 187 Å². The summed E-state index contributed by atoms with van der Waals surface area (Å²) in [6, 6.07) is 11.6. The normalized spacial score (nSPS) is 18.2. The van der Waals surface area contributed by atoms with E-state index in [2.05, 4.69) is 27.2 Å². The average Bonchev–Trinajstić information content (AvgIpc) is 3.13. The minimum atomic E-state index is -0.398. The van der Waals surface area contributed by atoms with Crippen molar-refractivity contribution in [3.05, 3.63) is 48.3 Å². The van der Waals surface area contributed by atoms with E-state index in [1.807, 2.05) is 43.3 Å². The molecule has 3 heterocycles. The number of benzene rings is 2. The van der Waals surface area contributed by atoms with Gasteiger partial charge in [-0.15, -0.1) is 0 Å². The van der Waals surface area contributed by atoms with E-state index in [9.17, 15) is 4.79 Å². The minimum absolute atomic E-state index is 0.288. The van der Waals surface area contributed by atoms with Gasteiger partial charge in [0.2, 0.25) is 0 Å². The number of nitrogens with zero attached hydrogens (tertiary/aromatic N) is 4. The van der Waals surface area contributed by atoms with Crippen molar-refractivity contribution < 1.29 is 14.3 Å². The second-order valence-electron chi connectivity index (χ2n) is 8.62. The number of hydrogen-bond acceptors (Lipinski definition) is 7. The fourth-order valence-electron chi connectivity index (χ4n) is 4.52. The Kier molecular flexibility index (Phi) is 5.09. The molecule has 1 amide bonds. The van der Waals surface area contributed by atoms with Crippen LogP contribution in [0.25, 0.3) is 10.9 Å². The lowest BCUT2D eigenvalue weighted by Gasteiger charge is -2.35. The average molecular weight is 434 g/mol. The Morgan fingerprint density at radius 3 is 2.75 bits per heavy atom. The lowest BCUT2D eigenvalue weighted by molar-refractivity contribution is 0.00678. The smallest absolute Gasteiger partial charge is 0.415 e. The summed E-state index contributed by atoms with van der Waals surface area (Å²) >= 11 is 0. The van der Waals surface area contributed by atoms with Crippen molar-refractivity contribution in [1.29, 1.82) is 0 Å². The van der Waals surface area contributed by atoms with E-state index in [0.29, 0.717) is 12.4 Å².